The maximum absolute atomic E-state index is 14.1. The van der Waals surface area contributed by atoms with Gasteiger partial charge in [0.2, 0.25) is 0 Å². The van der Waals surface area contributed by atoms with Gasteiger partial charge in [0.25, 0.3) is 0 Å². The van der Waals surface area contributed by atoms with Crippen LogP contribution >= 0.6 is 27.7 Å². The summed E-state index contributed by atoms with van der Waals surface area (Å²) >= 11 is 4.80. The molecule has 0 saturated carbocycles. The Morgan fingerprint density at radius 2 is 1.77 bits per heavy atom. The Morgan fingerprint density at radius 3 is 2.41 bits per heavy atom. The number of hydrogen-bond donors (Lipinski definition) is 0. The first kappa shape index (κ1) is 15.3. The molecular formula is C17H13BrFNOS. The van der Waals surface area contributed by atoms with Crippen molar-refractivity contribution in [2.45, 2.75) is 11.8 Å². The largest absolute Gasteiger partial charge is 0.360 e. The van der Waals surface area contributed by atoms with Crippen molar-refractivity contribution >= 4 is 27.7 Å². The van der Waals surface area contributed by atoms with Gasteiger partial charge in [0.1, 0.15) is 17.3 Å². The van der Waals surface area contributed by atoms with Crippen LogP contribution < -0.4 is 0 Å². The van der Waals surface area contributed by atoms with Gasteiger partial charge in [-0.3, -0.25) is 0 Å². The third kappa shape index (κ3) is 2.83. The fraction of sp³-hybridized carbons (Fsp3) is 0.118. The van der Waals surface area contributed by atoms with E-state index in [2.05, 4.69) is 21.1 Å². The standard InChI is InChI=1S/C17H13BrFNOS/c1-10-16(12-5-8-15(22-2)14(19)9-12)17(20-21-10)11-3-6-13(18)7-4-11/h3-9H,1-2H3. The van der Waals surface area contributed by atoms with Crippen LogP contribution in [0.5, 0.6) is 0 Å². The fourth-order valence-electron chi connectivity index (χ4n) is 2.34. The zero-order chi connectivity index (χ0) is 15.7. The zero-order valence-corrected chi connectivity index (χ0v) is 14.5. The number of hydrogen-bond acceptors (Lipinski definition) is 3. The van der Waals surface area contributed by atoms with Gasteiger partial charge in [-0.15, -0.1) is 11.8 Å². The van der Waals surface area contributed by atoms with Crippen LogP contribution in [0.1, 0.15) is 5.76 Å². The zero-order valence-electron chi connectivity index (χ0n) is 12.1. The Bertz CT molecular complexity index is 814. The number of thioether (sulfide) groups is 1. The number of aryl methyl sites for hydroxylation is 1. The Kier molecular flexibility index (Phi) is 4.36. The average Bonchev–Trinajstić information content (AvgIpc) is 2.89. The molecule has 2 nitrogen and oxygen atoms in total. The second kappa shape index (κ2) is 6.26. The van der Waals surface area contributed by atoms with E-state index in [1.54, 1.807) is 6.07 Å². The van der Waals surface area contributed by atoms with E-state index < -0.39 is 0 Å². The predicted octanol–water partition coefficient (Wildman–Crippen LogP) is 5.94. The van der Waals surface area contributed by atoms with Crippen LogP contribution in [0, 0.1) is 12.7 Å². The number of rotatable bonds is 3. The van der Waals surface area contributed by atoms with Gasteiger partial charge in [0.15, 0.2) is 0 Å². The van der Waals surface area contributed by atoms with Crippen molar-refractivity contribution < 1.29 is 8.91 Å². The molecule has 0 aliphatic carbocycles. The van der Waals surface area contributed by atoms with Gasteiger partial charge in [0, 0.05) is 14.9 Å². The Balaban J connectivity index is 2.13. The van der Waals surface area contributed by atoms with Crippen molar-refractivity contribution in [1.29, 1.82) is 0 Å². The molecular weight excluding hydrogens is 365 g/mol. The molecule has 3 rings (SSSR count). The van der Waals surface area contributed by atoms with Crippen LogP contribution in [0.3, 0.4) is 0 Å². The molecule has 0 bridgehead atoms. The van der Waals surface area contributed by atoms with Crippen LogP contribution in [0.25, 0.3) is 22.4 Å². The molecule has 0 aliphatic heterocycles. The van der Waals surface area contributed by atoms with Crippen LogP contribution in [0.4, 0.5) is 4.39 Å². The Morgan fingerprint density at radius 1 is 1.09 bits per heavy atom. The smallest absolute Gasteiger partial charge is 0.142 e. The van der Waals surface area contributed by atoms with E-state index in [9.17, 15) is 4.39 Å². The highest BCUT2D eigenvalue weighted by Gasteiger charge is 2.17. The first-order valence-corrected chi connectivity index (χ1v) is 8.68. The lowest BCUT2D eigenvalue weighted by Crippen LogP contribution is -1.87. The SMILES string of the molecule is CSc1ccc(-c2c(-c3ccc(Br)cc3)noc2C)cc1F. The second-order valence-electron chi connectivity index (χ2n) is 4.82. The topological polar surface area (TPSA) is 26.0 Å². The molecule has 0 radical (unpaired) electrons. The summed E-state index contributed by atoms with van der Waals surface area (Å²) in [6, 6.07) is 13.0. The van der Waals surface area contributed by atoms with Crippen LogP contribution in [-0.2, 0) is 0 Å². The van der Waals surface area contributed by atoms with Crippen molar-refractivity contribution in [2.24, 2.45) is 0 Å². The van der Waals surface area contributed by atoms with Gasteiger partial charge < -0.3 is 4.52 Å². The summed E-state index contributed by atoms with van der Waals surface area (Å²) in [6.45, 7) is 1.84. The minimum absolute atomic E-state index is 0.229. The van der Waals surface area contributed by atoms with Crippen molar-refractivity contribution in [1.82, 2.24) is 5.16 Å². The maximum Gasteiger partial charge on any atom is 0.142 e. The van der Waals surface area contributed by atoms with E-state index in [1.807, 2.05) is 43.5 Å². The normalized spacial score (nSPS) is 10.9. The maximum atomic E-state index is 14.1. The molecule has 0 amide bonds. The van der Waals surface area contributed by atoms with E-state index in [-0.39, 0.29) is 5.82 Å². The molecule has 22 heavy (non-hydrogen) atoms. The van der Waals surface area contributed by atoms with E-state index in [4.69, 9.17) is 4.52 Å². The van der Waals surface area contributed by atoms with Crippen LogP contribution in [0.15, 0.2) is 56.4 Å². The second-order valence-corrected chi connectivity index (χ2v) is 6.58. The number of benzene rings is 2. The van der Waals surface area contributed by atoms with Gasteiger partial charge in [-0.2, -0.15) is 0 Å². The predicted molar refractivity (Wildman–Crippen MR) is 91.6 cm³/mol. The van der Waals surface area contributed by atoms with Crippen molar-refractivity contribution in [3.63, 3.8) is 0 Å². The van der Waals surface area contributed by atoms with E-state index in [0.29, 0.717) is 10.7 Å². The van der Waals surface area contributed by atoms with Gasteiger partial charge >= 0.3 is 0 Å². The Labute approximate surface area is 140 Å². The van der Waals surface area contributed by atoms with Gasteiger partial charge in [-0.25, -0.2) is 4.39 Å². The molecule has 0 saturated heterocycles. The van der Waals surface area contributed by atoms with Crippen molar-refractivity contribution in [2.75, 3.05) is 6.26 Å². The minimum Gasteiger partial charge on any atom is -0.360 e. The monoisotopic (exact) mass is 377 g/mol. The van der Waals surface area contributed by atoms with Gasteiger partial charge in [-0.05, 0) is 43.0 Å². The van der Waals surface area contributed by atoms with E-state index >= 15 is 0 Å². The molecule has 0 aliphatic rings. The lowest BCUT2D eigenvalue weighted by molar-refractivity contribution is 0.400. The molecule has 0 spiro atoms. The summed E-state index contributed by atoms with van der Waals surface area (Å²) in [4.78, 5) is 0.628. The molecule has 2 aromatic carbocycles. The molecule has 1 heterocycles. The van der Waals surface area contributed by atoms with Crippen molar-refractivity contribution in [3.8, 4) is 22.4 Å². The first-order chi connectivity index (χ1) is 10.6. The highest BCUT2D eigenvalue weighted by molar-refractivity contribution is 9.10. The van der Waals surface area contributed by atoms with Crippen molar-refractivity contribution in [3.05, 3.63) is 58.5 Å². The molecule has 112 valence electrons. The summed E-state index contributed by atoms with van der Waals surface area (Å²) in [5.41, 5.74) is 3.26. The quantitative estimate of drug-likeness (QED) is 0.528. The molecule has 0 fully saturated rings. The minimum atomic E-state index is -0.229. The number of halogens is 2. The first-order valence-electron chi connectivity index (χ1n) is 6.66. The summed E-state index contributed by atoms with van der Waals surface area (Å²) in [5, 5.41) is 4.15. The average molecular weight is 378 g/mol. The molecule has 1 aromatic heterocycles. The number of nitrogens with zero attached hydrogens (tertiary/aromatic N) is 1. The van der Waals surface area contributed by atoms with Crippen LogP contribution in [-0.4, -0.2) is 11.4 Å². The lowest BCUT2D eigenvalue weighted by Gasteiger charge is -2.06. The summed E-state index contributed by atoms with van der Waals surface area (Å²) in [6.07, 6.45) is 1.86. The highest BCUT2D eigenvalue weighted by Crippen LogP contribution is 2.36. The summed E-state index contributed by atoms with van der Waals surface area (Å²) in [5.74, 6) is 0.446. The third-order valence-corrected chi connectivity index (χ3v) is 4.72. The Hall–Kier alpha value is -1.59. The van der Waals surface area contributed by atoms with Gasteiger partial charge in [0.05, 0.1) is 5.56 Å². The number of aromatic nitrogens is 1. The van der Waals surface area contributed by atoms with Crippen LogP contribution in [0.2, 0.25) is 0 Å². The summed E-state index contributed by atoms with van der Waals surface area (Å²) < 4.78 is 20.4. The van der Waals surface area contributed by atoms with E-state index in [1.165, 1.54) is 17.8 Å². The van der Waals surface area contributed by atoms with E-state index in [0.717, 1.165) is 26.9 Å². The molecule has 0 atom stereocenters. The summed E-state index contributed by atoms with van der Waals surface area (Å²) in [7, 11) is 0. The molecule has 0 N–H and O–H groups in total. The molecule has 5 heteroatoms. The highest BCUT2D eigenvalue weighted by atomic mass is 79.9. The van der Waals surface area contributed by atoms with Gasteiger partial charge in [-0.1, -0.05) is 39.3 Å². The third-order valence-electron chi connectivity index (χ3n) is 3.42. The fourth-order valence-corrected chi connectivity index (χ4v) is 3.06. The molecule has 0 unspecified atom stereocenters. The molecule has 3 aromatic rings. The lowest BCUT2D eigenvalue weighted by atomic mass is 9.99.